The van der Waals surface area contributed by atoms with Crippen LogP contribution < -0.4 is 0 Å². The molecule has 0 aliphatic carbocycles. The topological polar surface area (TPSA) is 38.7 Å². The predicted octanol–water partition coefficient (Wildman–Crippen LogP) is 6.34. The van der Waals surface area contributed by atoms with Crippen molar-refractivity contribution in [2.75, 3.05) is 0 Å². The van der Waals surface area contributed by atoms with Crippen LogP contribution in [0.4, 0.5) is 0 Å². The average Bonchev–Trinajstić information content (AvgIpc) is 2.69. The standard InChI is InChI=1S/C22H20BrN3/c1-3-5-9-16(4-2)20-24-21(17-10-7-6-8-11-17)26-22(25-20)18-12-14-19(23)15-13-18/h4-15H,3H2,1-2H3/b9-5-,16-4+. The molecular weight excluding hydrogens is 386 g/mol. The largest absolute Gasteiger partial charge is 0.208 e. The van der Waals surface area contributed by atoms with Gasteiger partial charge in [-0.25, -0.2) is 15.0 Å². The molecule has 0 aliphatic rings. The molecule has 0 saturated heterocycles. The van der Waals surface area contributed by atoms with Gasteiger partial charge in [-0.2, -0.15) is 0 Å². The number of halogens is 1. The summed E-state index contributed by atoms with van der Waals surface area (Å²) in [6.45, 7) is 4.11. The van der Waals surface area contributed by atoms with E-state index in [1.807, 2.05) is 67.6 Å². The molecule has 0 unspecified atom stereocenters. The number of rotatable bonds is 5. The van der Waals surface area contributed by atoms with Gasteiger partial charge >= 0.3 is 0 Å². The maximum atomic E-state index is 4.73. The quantitative estimate of drug-likeness (QED) is 0.464. The molecule has 2 aromatic carbocycles. The third-order valence-electron chi connectivity index (χ3n) is 3.87. The van der Waals surface area contributed by atoms with Crippen LogP contribution in [0.2, 0.25) is 0 Å². The van der Waals surface area contributed by atoms with E-state index < -0.39 is 0 Å². The lowest BCUT2D eigenvalue weighted by atomic mass is 10.1. The summed E-state index contributed by atoms with van der Waals surface area (Å²) in [6.07, 6.45) is 7.17. The first-order valence-electron chi connectivity index (χ1n) is 8.62. The van der Waals surface area contributed by atoms with Crippen molar-refractivity contribution < 1.29 is 0 Å². The summed E-state index contributed by atoms with van der Waals surface area (Å²) in [4.78, 5) is 14.2. The highest BCUT2D eigenvalue weighted by Gasteiger charge is 2.12. The minimum atomic E-state index is 0.672. The van der Waals surface area contributed by atoms with Crippen LogP contribution in [0.25, 0.3) is 28.3 Å². The molecule has 0 bridgehead atoms. The number of hydrogen-bond acceptors (Lipinski definition) is 3. The second kappa shape index (κ2) is 8.68. The van der Waals surface area contributed by atoms with E-state index in [9.17, 15) is 0 Å². The Morgan fingerprint density at radius 1 is 0.885 bits per heavy atom. The van der Waals surface area contributed by atoms with Crippen molar-refractivity contribution in [1.82, 2.24) is 15.0 Å². The Kier molecular flexibility index (Phi) is 6.08. The lowest BCUT2D eigenvalue weighted by Crippen LogP contribution is -2.02. The van der Waals surface area contributed by atoms with Crippen LogP contribution in [-0.4, -0.2) is 15.0 Å². The zero-order valence-electron chi connectivity index (χ0n) is 14.9. The minimum absolute atomic E-state index is 0.672. The van der Waals surface area contributed by atoms with E-state index in [4.69, 9.17) is 15.0 Å². The molecule has 3 aromatic rings. The first-order chi connectivity index (χ1) is 12.7. The van der Waals surface area contributed by atoms with Crippen LogP contribution in [0.3, 0.4) is 0 Å². The van der Waals surface area contributed by atoms with Crippen LogP contribution in [-0.2, 0) is 0 Å². The fourth-order valence-corrected chi connectivity index (χ4v) is 2.76. The van der Waals surface area contributed by atoms with Gasteiger partial charge in [0.25, 0.3) is 0 Å². The number of allylic oxidation sites excluding steroid dienone is 4. The Morgan fingerprint density at radius 2 is 1.50 bits per heavy atom. The molecule has 130 valence electrons. The summed E-state index contributed by atoms with van der Waals surface area (Å²) in [6, 6.07) is 18.0. The van der Waals surface area contributed by atoms with Gasteiger partial charge in [-0.05, 0) is 25.5 Å². The molecule has 3 nitrogen and oxygen atoms in total. The van der Waals surface area contributed by atoms with Crippen LogP contribution in [0.15, 0.2) is 77.3 Å². The van der Waals surface area contributed by atoms with Crippen LogP contribution in [0.5, 0.6) is 0 Å². The van der Waals surface area contributed by atoms with Gasteiger partial charge in [0.15, 0.2) is 17.5 Å². The van der Waals surface area contributed by atoms with E-state index in [0.717, 1.165) is 27.6 Å². The van der Waals surface area contributed by atoms with E-state index in [1.54, 1.807) is 0 Å². The SMILES string of the molecule is C/C=C(\C=C/CC)c1nc(-c2ccccc2)nc(-c2ccc(Br)cc2)n1. The highest BCUT2D eigenvalue weighted by Crippen LogP contribution is 2.24. The maximum absolute atomic E-state index is 4.73. The summed E-state index contributed by atoms with van der Waals surface area (Å²) in [5.74, 6) is 2.03. The highest BCUT2D eigenvalue weighted by molar-refractivity contribution is 9.10. The van der Waals surface area contributed by atoms with Crippen molar-refractivity contribution in [3.05, 3.63) is 83.1 Å². The zero-order chi connectivity index (χ0) is 18.4. The molecule has 1 aromatic heterocycles. The second-order valence-electron chi connectivity index (χ2n) is 5.73. The Morgan fingerprint density at radius 3 is 2.08 bits per heavy atom. The van der Waals surface area contributed by atoms with Gasteiger partial charge in [-0.3, -0.25) is 0 Å². The van der Waals surface area contributed by atoms with Crippen LogP contribution in [0.1, 0.15) is 26.1 Å². The molecule has 0 spiro atoms. The third kappa shape index (κ3) is 4.33. The van der Waals surface area contributed by atoms with Crippen molar-refractivity contribution in [3.8, 4) is 22.8 Å². The van der Waals surface area contributed by atoms with Crippen LogP contribution >= 0.6 is 15.9 Å². The number of aromatic nitrogens is 3. The Balaban J connectivity index is 2.16. The third-order valence-corrected chi connectivity index (χ3v) is 4.40. The molecular formula is C22H20BrN3. The van der Waals surface area contributed by atoms with Crippen molar-refractivity contribution in [1.29, 1.82) is 0 Å². The summed E-state index contributed by atoms with van der Waals surface area (Å²) >= 11 is 3.48. The fraction of sp³-hybridized carbons (Fsp3) is 0.136. The van der Waals surface area contributed by atoms with E-state index in [-0.39, 0.29) is 0 Å². The first-order valence-corrected chi connectivity index (χ1v) is 9.41. The van der Waals surface area contributed by atoms with E-state index in [0.29, 0.717) is 17.5 Å². The molecule has 3 rings (SSSR count). The molecule has 4 heteroatoms. The van der Waals surface area contributed by atoms with Gasteiger partial charge in [-0.15, -0.1) is 0 Å². The van der Waals surface area contributed by atoms with Gasteiger partial charge in [0.2, 0.25) is 0 Å². The van der Waals surface area contributed by atoms with E-state index in [1.165, 1.54) is 0 Å². The molecule has 0 radical (unpaired) electrons. The Hall–Kier alpha value is -2.59. The normalized spacial score (nSPS) is 11.9. The summed E-state index contributed by atoms with van der Waals surface area (Å²) in [5.41, 5.74) is 2.93. The molecule has 0 atom stereocenters. The monoisotopic (exact) mass is 405 g/mol. The van der Waals surface area contributed by atoms with E-state index >= 15 is 0 Å². The minimum Gasteiger partial charge on any atom is -0.208 e. The van der Waals surface area contributed by atoms with Gasteiger partial charge in [-0.1, -0.05) is 83.5 Å². The van der Waals surface area contributed by atoms with Crippen molar-refractivity contribution >= 4 is 21.5 Å². The molecule has 0 N–H and O–H groups in total. The van der Waals surface area contributed by atoms with E-state index in [2.05, 4.69) is 35.0 Å². The Bertz CT molecular complexity index is 929. The molecule has 1 heterocycles. The van der Waals surface area contributed by atoms with Gasteiger partial charge in [0, 0.05) is 21.2 Å². The molecule has 0 saturated carbocycles. The highest BCUT2D eigenvalue weighted by atomic mass is 79.9. The Labute approximate surface area is 162 Å². The molecule has 26 heavy (non-hydrogen) atoms. The molecule has 0 fully saturated rings. The average molecular weight is 406 g/mol. The van der Waals surface area contributed by atoms with Gasteiger partial charge in [0.05, 0.1) is 0 Å². The van der Waals surface area contributed by atoms with Crippen molar-refractivity contribution in [2.45, 2.75) is 20.3 Å². The zero-order valence-corrected chi connectivity index (χ0v) is 16.4. The van der Waals surface area contributed by atoms with Crippen molar-refractivity contribution in [2.24, 2.45) is 0 Å². The summed E-state index contributed by atoms with van der Waals surface area (Å²) in [7, 11) is 0. The maximum Gasteiger partial charge on any atom is 0.164 e. The van der Waals surface area contributed by atoms with Gasteiger partial charge < -0.3 is 0 Å². The predicted molar refractivity (Wildman–Crippen MR) is 111 cm³/mol. The lowest BCUT2D eigenvalue weighted by molar-refractivity contribution is 1.04. The van der Waals surface area contributed by atoms with Gasteiger partial charge in [0.1, 0.15) is 0 Å². The second-order valence-corrected chi connectivity index (χ2v) is 6.65. The summed E-state index contributed by atoms with van der Waals surface area (Å²) in [5, 5.41) is 0. The number of hydrogen-bond donors (Lipinski definition) is 0. The summed E-state index contributed by atoms with van der Waals surface area (Å²) < 4.78 is 1.03. The molecule has 0 amide bonds. The van der Waals surface area contributed by atoms with Crippen LogP contribution in [0, 0.1) is 0 Å². The number of benzene rings is 2. The smallest absolute Gasteiger partial charge is 0.164 e. The van der Waals surface area contributed by atoms with Crippen molar-refractivity contribution in [3.63, 3.8) is 0 Å². The number of nitrogens with zero attached hydrogens (tertiary/aromatic N) is 3. The molecule has 0 aliphatic heterocycles. The fourth-order valence-electron chi connectivity index (χ4n) is 2.49. The lowest BCUT2D eigenvalue weighted by Gasteiger charge is -2.08. The first kappa shape index (κ1) is 18.2.